The normalized spacial score (nSPS) is 10.1. The Morgan fingerprint density at radius 2 is 1.94 bits per heavy atom. The molecule has 0 bridgehead atoms. The van der Waals surface area contributed by atoms with E-state index in [1.807, 2.05) is 0 Å². The summed E-state index contributed by atoms with van der Waals surface area (Å²) in [7, 11) is 0. The van der Waals surface area contributed by atoms with Crippen LogP contribution in [0, 0.1) is 0 Å². The maximum absolute atomic E-state index is 11.6. The minimum Gasteiger partial charge on any atom is -0.464 e. The molecule has 2 aromatic rings. The van der Waals surface area contributed by atoms with Gasteiger partial charge in [-0.1, -0.05) is 29.8 Å². The van der Waals surface area contributed by atoms with E-state index in [9.17, 15) is 9.59 Å². The van der Waals surface area contributed by atoms with Gasteiger partial charge in [0.1, 0.15) is 5.02 Å². The van der Waals surface area contributed by atoms with Gasteiger partial charge in [0, 0.05) is 6.07 Å². The molecule has 0 aliphatic carbocycles. The first-order chi connectivity index (χ1) is 8.68. The van der Waals surface area contributed by atoms with Crippen LogP contribution in [0.5, 0.6) is 0 Å². The third-order valence-corrected chi connectivity index (χ3v) is 2.63. The molecule has 0 spiro atoms. The monoisotopic (exact) mass is 264 g/mol. The highest BCUT2D eigenvalue weighted by Crippen LogP contribution is 2.12. The van der Waals surface area contributed by atoms with Gasteiger partial charge in [-0.25, -0.2) is 4.79 Å². The number of hydrogen-bond acceptors (Lipinski definition) is 4. The molecule has 18 heavy (non-hydrogen) atoms. The Hall–Kier alpha value is -2.07. The van der Waals surface area contributed by atoms with Crippen molar-refractivity contribution in [1.29, 1.82) is 0 Å². The maximum atomic E-state index is 11.6. The summed E-state index contributed by atoms with van der Waals surface area (Å²) in [6.45, 7) is -0.178. The van der Waals surface area contributed by atoms with E-state index < -0.39 is 5.97 Å². The predicted octanol–water partition coefficient (Wildman–Crippen LogP) is 2.65. The molecule has 2 rings (SSSR count). The lowest BCUT2D eigenvalue weighted by Gasteiger charge is -2.04. The Morgan fingerprint density at radius 1 is 1.22 bits per heavy atom. The summed E-state index contributed by atoms with van der Waals surface area (Å²) < 4.78 is 10.0. The van der Waals surface area contributed by atoms with Gasteiger partial charge < -0.3 is 9.15 Å². The van der Waals surface area contributed by atoms with E-state index in [1.54, 1.807) is 30.3 Å². The number of rotatable bonds is 3. The summed E-state index contributed by atoms with van der Waals surface area (Å²) in [4.78, 5) is 22.9. The summed E-state index contributed by atoms with van der Waals surface area (Å²) in [5.74, 6) is -0.369. The molecule has 1 aromatic carbocycles. The van der Waals surface area contributed by atoms with Crippen LogP contribution in [0.2, 0.25) is 5.02 Å². The molecule has 0 saturated carbocycles. The molecule has 0 N–H and O–H groups in total. The molecule has 0 atom stereocenters. The maximum Gasteiger partial charge on any atom is 0.338 e. The number of halogens is 1. The molecule has 0 radical (unpaired) electrons. The van der Waals surface area contributed by atoms with Gasteiger partial charge in [-0.05, 0) is 12.1 Å². The van der Waals surface area contributed by atoms with Crippen molar-refractivity contribution >= 4 is 17.6 Å². The van der Waals surface area contributed by atoms with Gasteiger partial charge in [-0.3, -0.25) is 4.79 Å². The van der Waals surface area contributed by atoms with Crippen molar-refractivity contribution in [3.63, 3.8) is 0 Å². The first-order valence-electron chi connectivity index (χ1n) is 5.17. The van der Waals surface area contributed by atoms with E-state index >= 15 is 0 Å². The van der Waals surface area contributed by atoms with Gasteiger partial charge in [0.25, 0.3) is 0 Å². The molecule has 1 heterocycles. The van der Waals surface area contributed by atoms with Crippen molar-refractivity contribution in [2.75, 3.05) is 0 Å². The second-order valence-corrected chi connectivity index (χ2v) is 3.84. The van der Waals surface area contributed by atoms with E-state index in [4.69, 9.17) is 20.8 Å². The van der Waals surface area contributed by atoms with Gasteiger partial charge in [-0.2, -0.15) is 0 Å². The van der Waals surface area contributed by atoms with E-state index in [0.717, 1.165) is 0 Å². The first kappa shape index (κ1) is 12.4. The van der Waals surface area contributed by atoms with Crippen molar-refractivity contribution in [2.24, 2.45) is 0 Å². The molecule has 4 nitrogen and oxygen atoms in total. The second kappa shape index (κ2) is 5.51. The summed E-state index contributed by atoms with van der Waals surface area (Å²) >= 11 is 5.73. The van der Waals surface area contributed by atoms with Crippen LogP contribution >= 0.6 is 11.6 Å². The summed E-state index contributed by atoms with van der Waals surface area (Å²) in [6, 6.07) is 9.71. The van der Waals surface area contributed by atoms with E-state index in [0.29, 0.717) is 5.56 Å². The average molecular weight is 265 g/mol. The number of hydrogen-bond donors (Lipinski definition) is 0. The highest BCUT2D eigenvalue weighted by atomic mass is 35.5. The second-order valence-electron chi connectivity index (χ2n) is 3.46. The van der Waals surface area contributed by atoms with Crippen LogP contribution in [-0.4, -0.2) is 5.97 Å². The van der Waals surface area contributed by atoms with Crippen molar-refractivity contribution in [3.8, 4) is 0 Å². The molecular formula is C13H9ClO4. The fourth-order valence-electron chi connectivity index (χ4n) is 1.33. The lowest BCUT2D eigenvalue weighted by molar-refractivity contribution is 0.0443. The topological polar surface area (TPSA) is 56.5 Å². The summed E-state index contributed by atoms with van der Waals surface area (Å²) in [5.41, 5.74) is 0.0561. The van der Waals surface area contributed by atoms with Crippen LogP contribution in [-0.2, 0) is 11.3 Å². The standard InChI is InChI=1S/C13H9ClO4/c14-12-10(15)6-7-17-11(12)8-18-13(16)9-4-2-1-3-5-9/h1-7H,8H2. The van der Waals surface area contributed by atoms with Gasteiger partial charge >= 0.3 is 5.97 Å². The molecule has 1 aromatic heterocycles. The van der Waals surface area contributed by atoms with Crippen LogP contribution in [0.3, 0.4) is 0 Å². The Labute approximate surface area is 108 Å². The van der Waals surface area contributed by atoms with Crippen molar-refractivity contribution < 1.29 is 13.9 Å². The van der Waals surface area contributed by atoms with Gasteiger partial charge in [0.2, 0.25) is 5.43 Å². The van der Waals surface area contributed by atoms with E-state index in [-0.39, 0.29) is 22.8 Å². The predicted molar refractivity (Wildman–Crippen MR) is 65.5 cm³/mol. The Bertz CT molecular complexity index is 604. The van der Waals surface area contributed by atoms with Gasteiger partial charge in [0.05, 0.1) is 11.8 Å². The third kappa shape index (κ3) is 2.78. The highest BCUT2D eigenvalue weighted by molar-refractivity contribution is 6.31. The quantitative estimate of drug-likeness (QED) is 0.800. The third-order valence-electron chi connectivity index (χ3n) is 2.23. The Balaban J connectivity index is 2.07. The van der Waals surface area contributed by atoms with Crippen LogP contribution in [0.25, 0.3) is 0 Å². The molecule has 0 saturated heterocycles. The fraction of sp³-hybridized carbons (Fsp3) is 0.0769. The molecule has 0 fully saturated rings. The molecule has 0 amide bonds. The highest BCUT2D eigenvalue weighted by Gasteiger charge is 2.11. The van der Waals surface area contributed by atoms with Gasteiger partial charge in [-0.15, -0.1) is 0 Å². The van der Waals surface area contributed by atoms with Gasteiger partial charge in [0.15, 0.2) is 12.4 Å². The number of carbonyl (C=O) groups is 1. The lowest BCUT2D eigenvalue weighted by Crippen LogP contribution is -2.08. The molecule has 92 valence electrons. The lowest BCUT2D eigenvalue weighted by atomic mass is 10.2. The Morgan fingerprint density at radius 3 is 2.67 bits per heavy atom. The zero-order valence-electron chi connectivity index (χ0n) is 9.26. The zero-order valence-corrected chi connectivity index (χ0v) is 10.0. The summed E-state index contributed by atoms with van der Waals surface area (Å²) in [6.07, 6.45) is 1.21. The Kier molecular flexibility index (Phi) is 3.79. The molecular weight excluding hydrogens is 256 g/mol. The summed E-state index contributed by atoms with van der Waals surface area (Å²) in [5, 5.41) is -0.0710. The van der Waals surface area contributed by atoms with Crippen LogP contribution in [0.1, 0.15) is 16.1 Å². The average Bonchev–Trinajstić information content (AvgIpc) is 2.41. The largest absolute Gasteiger partial charge is 0.464 e. The first-order valence-corrected chi connectivity index (χ1v) is 5.54. The van der Waals surface area contributed by atoms with Crippen molar-refractivity contribution in [3.05, 3.63) is 69.2 Å². The fourth-order valence-corrected chi connectivity index (χ4v) is 1.49. The number of benzene rings is 1. The van der Waals surface area contributed by atoms with E-state index in [1.165, 1.54) is 12.3 Å². The van der Waals surface area contributed by atoms with Crippen molar-refractivity contribution in [1.82, 2.24) is 0 Å². The number of esters is 1. The van der Waals surface area contributed by atoms with Crippen LogP contribution in [0.4, 0.5) is 0 Å². The molecule has 0 aliphatic heterocycles. The minimum atomic E-state index is -0.502. The molecule has 0 aliphatic rings. The number of carbonyl (C=O) groups excluding carboxylic acids is 1. The molecule has 5 heteroatoms. The molecule has 0 unspecified atom stereocenters. The number of ether oxygens (including phenoxy) is 1. The van der Waals surface area contributed by atoms with Crippen LogP contribution in [0.15, 0.2) is 51.9 Å². The SMILES string of the molecule is O=C(OCc1occc(=O)c1Cl)c1ccccc1. The van der Waals surface area contributed by atoms with Crippen molar-refractivity contribution in [2.45, 2.75) is 6.61 Å². The van der Waals surface area contributed by atoms with Crippen LogP contribution < -0.4 is 5.43 Å². The zero-order chi connectivity index (χ0) is 13.0. The minimum absolute atomic E-state index is 0.0710. The smallest absolute Gasteiger partial charge is 0.338 e. The van der Waals surface area contributed by atoms with E-state index in [2.05, 4.69) is 0 Å².